The van der Waals surface area contributed by atoms with Crippen molar-refractivity contribution < 1.29 is 4.74 Å². The molecule has 0 radical (unpaired) electrons. The summed E-state index contributed by atoms with van der Waals surface area (Å²) in [5.41, 5.74) is 2.13. The van der Waals surface area contributed by atoms with E-state index in [0.29, 0.717) is 0 Å². The van der Waals surface area contributed by atoms with E-state index in [-0.39, 0.29) is 0 Å². The molecular weight excluding hydrogens is 232 g/mol. The van der Waals surface area contributed by atoms with Gasteiger partial charge in [0, 0.05) is 12.4 Å². The molecule has 0 fully saturated rings. The van der Waals surface area contributed by atoms with E-state index in [2.05, 4.69) is 16.9 Å². The van der Waals surface area contributed by atoms with Crippen LogP contribution in [0.1, 0.15) is 19.8 Å². The van der Waals surface area contributed by atoms with Crippen molar-refractivity contribution >= 4 is 22.8 Å². The van der Waals surface area contributed by atoms with Crippen LogP contribution in [0.15, 0.2) is 29.4 Å². The molecule has 17 heavy (non-hydrogen) atoms. The molecule has 0 spiro atoms. The highest BCUT2D eigenvalue weighted by Gasteiger charge is 2.01. The fourth-order valence-electron chi connectivity index (χ4n) is 1.54. The quantitative estimate of drug-likeness (QED) is 0.604. The van der Waals surface area contributed by atoms with Crippen LogP contribution in [0, 0.1) is 0 Å². The molecule has 2 rings (SSSR count). The van der Waals surface area contributed by atoms with Crippen molar-refractivity contribution in [1.82, 2.24) is 9.97 Å². The van der Waals surface area contributed by atoms with E-state index in [0.717, 1.165) is 41.6 Å². The smallest absolute Gasteiger partial charge is 0.166 e. The first-order valence-electron chi connectivity index (χ1n) is 6.05. The number of nitrogens with zero attached hydrogens (tertiary/aromatic N) is 1. The number of hydrogen-bond acceptors (Lipinski definition) is 3. The predicted molar refractivity (Wildman–Crippen MR) is 72.5 cm³/mol. The van der Waals surface area contributed by atoms with Crippen LogP contribution in [0.2, 0.25) is 0 Å². The van der Waals surface area contributed by atoms with Crippen LogP contribution >= 0.6 is 11.8 Å². The molecular formula is C13H18N2OS. The largest absolute Gasteiger partial charge is 0.381 e. The van der Waals surface area contributed by atoms with E-state index >= 15 is 0 Å². The molecule has 0 aliphatic carbocycles. The van der Waals surface area contributed by atoms with Crippen LogP contribution in [0.25, 0.3) is 11.0 Å². The Morgan fingerprint density at radius 1 is 1.29 bits per heavy atom. The van der Waals surface area contributed by atoms with Crippen molar-refractivity contribution in [3.8, 4) is 0 Å². The Morgan fingerprint density at radius 2 is 2.18 bits per heavy atom. The van der Waals surface area contributed by atoms with Crippen molar-refractivity contribution in [3.63, 3.8) is 0 Å². The van der Waals surface area contributed by atoms with Crippen molar-refractivity contribution in [2.75, 3.05) is 19.0 Å². The fourth-order valence-corrected chi connectivity index (χ4v) is 2.28. The number of fused-ring (bicyclic) bond motifs is 1. The Labute approximate surface area is 106 Å². The summed E-state index contributed by atoms with van der Waals surface area (Å²) in [6.07, 6.45) is 2.34. The highest BCUT2D eigenvalue weighted by Crippen LogP contribution is 2.18. The average Bonchev–Trinajstić information content (AvgIpc) is 2.76. The van der Waals surface area contributed by atoms with Crippen LogP contribution in [0.4, 0.5) is 0 Å². The van der Waals surface area contributed by atoms with Crippen molar-refractivity contribution in [1.29, 1.82) is 0 Å². The lowest BCUT2D eigenvalue weighted by Gasteiger charge is -2.01. The number of imidazole rings is 1. The van der Waals surface area contributed by atoms with Crippen LogP contribution in [0.5, 0.6) is 0 Å². The number of aromatic amines is 1. The zero-order valence-corrected chi connectivity index (χ0v) is 10.9. The third-order valence-corrected chi connectivity index (χ3v) is 3.31. The molecule has 2 aromatic rings. The van der Waals surface area contributed by atoms with E-state index in [1.54, 1.807) is 11.8 Å². The van der Waals surface area contributed by atoms with Crippen LogP contribution in [-0.4, -0.2) is 28.9 Å². The van der Waals surface area contributed by atoms with Gasteiger partial charge in [0.05, 0.1) is 17.6 Å². The number of H-pyrrole nitrogens is 1. The summed E-state index contributed by atoms with van der Waals surface area (Å²) in [6.45, 7) is 3.84. The monoisotopic (exact) mass is 250 g/mol. The summed E-state index contributed by atoms with van der Waals surface area (Å²) in [4.78, 5) is 7.79. The zero-order valence-electron chi connectivity index (χ0n) is 10.1. The molecule has 0 amide bonds. The Morgan fingerprint density at radius 3 is 3.00 bits per heavy atom. The second kappa shape index (κ2) is 6.67. The van der Waals surface area contributed by atoms with Gasteiger partial charge in [-0.1, -0.05) is 37.2 Å². The van der Waals surface area contributed by atoms with Gasteiger partial charge in [-0.15, -0.1) is 0 Å². The third kappa shape index (κ3) is 3.75. The highest BCUT2D eigenvalue weighted by atomic mass is 32.2. The maximum Gasteiger partial charge on any atom is 0.166 e. The standard InChI is InChI=1S/C13H18N2OS/c1-2-3-8-16-9-10-17-13-14-11-6-4-5-7-12(11)15-13/h4-7H,2-3,8-10H2,1H3,(H,14,15). The molecule has 1 aromatic heterocycles. The van der Waals surface area contributed by atoms with E-state index in [9.17, 15) is 0 Å². The van der Waals surface area contributed by atoms with Crippen molar-refractivity contribution in [2.45, 2.75) is 24.9 Å². The molecule has 92 valence electrons. The molecule has 0 aliphatic heterocycles. The SMILES string of the molecule is CCCCOCCSc1nc2ccccc2[nH]1. The molecule has 0 atom stereocenters. The van der Waals surface area contributed by atoms with Gasteiger partial charge in [0.25, 0.3) is 0 Å². The fraction of sp³-hybridized carbons (Fsp3) is 0.462. The van der Waals surface area contributed by atoms with E-state index in [1.807, 2.05) is 24.3 Å². The van der Waals surface area contributed by atoms with Gasteiger partial charge in [0.2, 0.25) is 0 Å². The number of ether oxygens (including phenoxy) is 1. The van der Waals surface area contributed by atoms with Gasteiger partial charge in [-0.05, 0) is 18.6 Å². The molecule has 1 heterocycles. The first-order valence-corrected chi connectivity index (χ1v) is 7.04. The maximum atomic E-state index is 5.51. The number of nitrogens with one attached hydrogen (secondary N) is 1. The lowest BCUT2D eigenvalue weighted by atomic mass is 10.3. The molecule has 0 unspecified atom stereocenters. The summed E-state index contributed by atoms with van der Waals surface area (Å²) in [5, 5.41) is 0.977. The third-order valence-electron chi connectivity index (χ3n) is 2.48. The lowest BCUT2D eigenvalue weighted by Crippen LogP contribution is -1.98. The van der Waals surface area contributed by atoms with Gasteiger partial charge < -0.3 is 9.72 Å². The molecule has 1 aromatic carbocycles. The molecule has 0 saturated carbocycles. The number of unbranched alkanes of at least 4 members (excludes halogenated alkanes) is 1. The van der Waals surface area contributed by atoms with E-state index < -0.39 is 0 Å². The normalized spacial score (nSPS) is 11.1. The number of benzene rings is 1. The molecule has 4 heteroatoms. The molecule has 3 nitrogen and oxygen atoms in total. The number of thioether (sulfide) groups is 1. The second-order valence-electron chi connectivity index (χ2n) is 3.87. The lowest BCUT2D eigenvalue weighted by molar-refractivity contribution is 0.147. The number of para-hydroxylation sites is 2. The minimum absolute atomic E-state index is 0.793. The minimum Gasteiger partial charge on any atom is -0.381 e. The van der Waals surface area contributed by atoms with E-state index in [1.165, 1.54) is 6.42 Å². The first-order chi connectivity index (χ1) is 8.40. The predicted octanol–water partition coefficient (Wildman–Crippen LogP) is 3.47. The van der Waals surface area contributed by atoms with Crippen molar-refractivity contribution in [2.24, 2.45) is 0 Å². The second-order valence-corrected chi connectivity index (χ2v) is 4.96. The first kappa shape index (κ1) is 12.5. The zero-order chi connectivity index (χ0) is 11.9. The summed E-state index contributed by atoms with van der Waals surface area (Å²) in [6, 6.07) is 8.09. The molecule has 0 saturated heterocycles. The molecule has 1 N–H and O–H groups in total. The summed E-state index contributed by atoms with van der Waals surface area (Å²) < 4.78 is 5.51. The number of rotatable bonds is 7. The summed E-state index contributed by atoms with van der Waals surface area (Å²) >= 11 is 1.71. The van der Waals surface area contributed by atoms with Gasteiger partial charge in [0.15, 0.2) is 5.16 Å². The Balaban J connectivity index is 1.75. The average molecular weight is 250 g/mol. The van der Waals surface area contributed by atoms with Gasteiger partial charge in [0.1, 0.15) is 0 Å². The van der Waals surface area contributed by atoms with Crippen LogP contribution in [0.3, 0.4) is 0 Å². The Hall–Kier alpha value is -1.00. The Kier molecular flexibility index (Phi) is 4.88. The van der Waals surface area contributed by atoms with Crippen LogP contribution < -0.4 is 0 Å². The van der Waals surface area contributed by atoms with Crippen molar-refractivity contribution in [3.05, 3.63) is 24.3 Å². The van der Waals surface area contributed by atoms with Gasteiger partial charge in [-0.3, -0.25) is 0 Å². The van der Waals surface area contributed by atoms with Gasteiger partial charge >= 0.3 is 0 Å². The van der Waals surface area contributed by atoms with Gasteiger partial charge in [-0.2, -0.15) is 0 Å². The topological polar surface area (TPSA) is 37.9 Å². The molecule has 0 bridgehead atoms. The van der Waals surface area contributed by atoms with Gasteiger partial charge in [-0.25, -0.2) is 4.98 Å². The van der Waals surface area contributed by atoms with Crippen LogP contribution in [-0.2, 0) is 4.74 Å². The number of hydrogen-bond donors (Lipinski definition) is 1. The molecule has 0 aliphatic rings. The van der Waals surface area contributed by atoms with E-state index in [4.69, 9.17) is 4.74 Å². The minimum atomic E-state index is 0.793. The maximum absolute atomic E-state index is 5.51. The Bertz CT molecular complexity index is 422. The summed E-state index contributed by atoms with van der Waals surface area (Å²) in [5.74, 6) is 0.948. The summed E-state index contributed by atoms with van der Waals surface area (Å²) in [7, 11) is 0. The highest BCUT2D eigenvalue weighted by molar-refractivity contribution is 7.99. The number of aromatic nitrogens is 2.